The summed E-state index contributed by atoms with van der Waals surface area (Å²) in [7, 11) is 2.13. The van der Waals surface area contributed by atoms with Crippen LogP contribution >= 0.6 is 0 Å². The minimum absolute atomic E-state index is 0.182. The standard InChI is InChI=1S/C27H35N7O3/c1-28-15-22-17-33(27(35)37-18-20-7-4-3-5-8-20)13-14-34(22)25-23-10-11-29-16-24(23)30-26(31-25)36-19-21-9-6-12-32(21)2/h3-5,7-8,21-22,29H,6,9-19H2,2H3/t21-,22?/m0/s1. The molecular weight excluding hydrogens is 470 g/mol. The molecule has 10 heteroatoms. The zero-order valence-corrected chi connectivity index (χ0v) is 21.4. The summed E-state index contributed by atoms with van der Waals surface area (Å²) in [6.45, 7) is 12.7. The van der Waals surface area contributed by atoms with Gasteiger partial charge in [-0.05, 0) is 45.0 Å². The van der Waals surface area contributed by atoms with Crippen molar-refractivity contribution >= 4 is 11.9 Å². The van der Waals surface area contributed by atoms with Gasteiger partial charge in [-0.25, -0.2) is 11.4 Å². The Balaban J connectivity index is 1.31. The summed E-state index contributed by atoms with van der Waals surface area (Å²) in [5.74, 6) is 0.840. The molecule has 10 nitrogen and oxygen atoms in total. The quantitative estimate of drug-likeness (QED) is 0.574. The molecular formula is C27H35N7O3. The molecule has 3 aliphatic heterocycles. The second-order valence-corrected chi connectivity index (χ2v) is 9.94. The lowest BCUT2D eigenvalue weighted by atomic mass is 10.0. The molecule has 0 spiro atoms. The third-order valence-electron chi connectivity index (χ3n) is 7.49. The fourth-order valence-electron chi connectivity index (χ4n) is 5.35. The molecule has 1 N–H and O–H groups in total. The van der Waals surface area contributed by atoms with Gasteiger partial charge >= 0.3 is 12.1 Å². The van der Waals surface area contributed by atoms with Gasteiger partial charge < -0.3 is 34.3 Å². The van der Waals surface area contributed by atoms with Crippen LogP contribution in [-0.2, 0) is 24.3 Å². The van der Waals surface area contributed by atoms with Crippen LogP contribution in [0.1, 0.15) is 29.7 Å². The van der Waals surface area contributed by atoms with Crippen LogP contribution in [0.2, 0.25) is 0 Å². The summed E-state index contributed by atoms with van der Waals surface area (Å²) in [6.07, 6.45) is 2.77. The van der Waals surface area contributed by atoms with Gasteiger partial charge in [0, 0.05) is 31.2 Å². The van der Waals surface area contributed by atoms with Gasteiger partial charge in [-0.1, -0.05) is 30.3 Å². The predicted molar refractivity (Wildman–Crippen MR) is 139 cm³/mol. The monoisotopic (exact) mass is 505 g/mol. The molecule has 3 aliphatic rings. The number of nitrogens with zero attached hydrogens (tertiary/aromatic N) is 6. The molecule has 37 heavy (non-hydrogen) atoms. The van der Waals surface area contributed by atoms with E-state index in [1.165, 1.54) is 6.42 Å². The van der Waals surface area contributed by atoms with E-state index in [-0.39, 0.29) is 25.3 Å². The molecule has 2 aromatic rings. The first-order valence-corrected chi connectivity index (χ1v) is 13.1. The van der Waals surface area contributed by atoms with Crippen LogP contribution < -0.4 is 15.0 Å². The Labute approximate surface area is 218 Å². The molecule has 1 aromatic carbocycles. The summed E-state index contributed by atoms with van der Waals surface area (Å²) >= 11 is 0. The SMILES string of the molecule is [C-]#[N+]CC1CN(C(=O)OCc2ccccc2)CCN1c1nc(OC[C@@H]2CCCN2C)nc2c1CCNC2. The molecule has 5 rings (SSSR count). The van der Waals surface area contributed by atoms with Crippen molar-refractivity contribution in [2.24, 2.45) is 0 Å². The molecule has 1 amide bonds. The summed E-state index contributed by atoms with van der Waals surface area (Å²) < 4.78 is 11.7. The third-order valence-corrected chi connectivity index (χ3v) is 7.49. The number of amides is 1. The summed E-state index contributed by atoms with van der Waals surface area (Å²) in [5, 5.41) is 3.40. The fraction of sp³-hybridized carbons (Fsp3) is 0.556. The first-order valence-electron chi connectivity index (χ1n) is 13.1. The highest BCUT2D eigenvalue weighted by atomic mass is 16.6. The van der Waals surface area contributed by atoms with Crippen LogP contribution in [0, 0.1) is 6.57 Å². The highest BCUT2D eigenvalue weighted by Gasteiger charge is 2.35. The smallest absolute Gasteiger partial charge is 0.410 e. The Morgan fingerprint density at radius 3 is 2.84 bits per heavy atom. The predicted octanol–water partition coefficient (Wildman–Crippen LogP) is 2.34. The number of likely N-dealkylation sites (tertiary alicyclic amines) is 1. The van der Waals surface area contributed by atoms with Gasteiger partial charge in [0.2, 0.25) is 6.54 Å². The molecule has 2 atom stereocenters. The number of ether oxygens (including phenoxy) is 2. The first-order chi connectivity index (χ1) is 18.1. The Kier molecular flexibility index (Phi) is 8.02. The summed E-state index contributed by atoms with van der Waals surface area (Å²) in [5.41, 5.74) is 3.02. The number of likely N-dealkylation sites (N-methyl/N-ethyl adjacent to an activating group) is 1. The van der Waals surface area contributed by atoms with E-state index >= 15 is 0 Å². The second kappa shape index (κ2) is 11.8. The molecule has 196 valence electrons. The van der Waals surface area contributed by atoms with Crippen molar-refractivity contribution in [3.8, 4) is 6.01 Å². The Morgan fingerprint density at radius 1 is 1.19 bits per heavy atom. The molecule has 0 aliphatic carbocycles. The van der Waals surface area contributed by atoms with E-state index in [0.29, 0.717) is 44.8 Å². The lowest BCUT2D eigenvalue weighted by molar-refractivity contribution is 0.0896. The maximum atomic E-state index is 12.8. The molecule has 1 unspecified atom stereocenters. The summed E-state index contributed by atoms with van der Waals surface area (Å²) in [6, 6.07) is 10.2. The molecule has 0 saturated carbocycles. The zero-order valence-electron chi connectivity index (χ0n) is 21.4. The number of nitrogens with one attached hydrogen (secondary N) is 1. The fourth-order valence-corrected chi connectivity index (χ4v) is 5.35. The maximum Gasteiger partial charge on any atom is 0.410 e. The first kappa shape index (κ1) is 25.2. The minimum atomic E-state index is -0.350. The lowest BCUT2D eigenvalue weighted by Gasteiger charge is -2.40. The molecule has 2 saturated heterocycles. The minimum Gasteiger partial charge on any atom is -0.462 e. The maximum absolute atomic E-state index is 12.8. The number of benzene rings is 1. The molecule has 4 heterocycles. The molecule has 2 fully saturated rings. The van der Waals surface area contributed by atoms with Crippen molar-refractivity contribution < 1.29 is 14.3 Å². The molecule has 0 bridgehead atoms. The number of anilines is 1. The van der Waals surface area contributed by atoms with Crippen molar-refractivity contribution in [3.05, 3.63) is 58.6 Å². The van der Waals surface area contributed by atoms with Gasteiger partial charge in [0.05, 0.1) is 12.2 Å². The topological polar surface area (TPSA) is 87.4 Å². The van der Waals surface area contributed by atoms with Gasteiger partial charge in [0.25, 0.3) is 0 Å². The summed E-state index contributed by atoms with van der Waals surface area (Å²) in [4.78, 5) is 32.4. The highest BCUT2D eigenvalue weighted by molar-refractivity contribution is 5.68. The van der Waals surface area contributed by atoms with E-state index in [9.17, 15) is 4.79 Å². The van der Waals surface area contributed by atoms with Crippen LogP contribution in [0.4, 0.5) is 10.6 Å². The normalized spacial score (nSPS) is 21.8. The Morgan fingerprint density at radius 2 is 2.05 bits per heavy atom. The van der Waals surface area contributed by atoms with Gasteiger partial charge in [-0.15, -0.1) is 0 Å². The number of fused-ring (bicyclic) bond motifs is 1. The van der Waals surface area contributed by atoms with Crippen molar-refractivity contribution in [1.29, 1.82) is 0 Å². The third kappa shape index (κ3) is 5.95. The second-order valence-electron chi connectivity index (χ2n) is 9.94. The van der Waals surface area contributed by atoms with Crippen molar-refractivity contribution in [1.82, 2.24) is 25.1 Å². The highest BCUT2D eigenvalue weighted by Crippen LogP contribution is 2.30. The van der Waals surface area contributed by atoms with E-state index in [1.54, 1.807) is 4.90 Å². The van der Waals surface area contributed by atoms with Crippen molar-refractivity contribution in [2.75, 3.05) is 57.8 Å². The largest absolute Gasteiger partial charge is 0.462 e. The van der Waals surface area contributed by atoms with Gasteiger partial charge in [0.1, 0.15) is 25.1 Å². The number of rotatable bonds is 7. The van der Waals surface area contributed by atoms with Crippen molar-refractivity contribution in [2.45, 2.75) is 44.5 Å². The van der Waals surface area contributed by atoms with Crippen molar-refractivity contribution in [3.63, 3.8) is 0 Å². The average molecular weight is 506 g/mol. The number of piperazine rings is 1. The number of hydrogen-bond acceptors (Lipinski definition) is 8. The molecule has 0 radical (unpaired) electrons. The van der Waals surface area contributed by atoms with Crippen LogP contribution in [0.25, 0.3) is 4.85 Å². The van der Waals surface area contributed by atoms with Gasteiger partial charge in [0.15, 0.2) is 0 Å². The van der Waals surface area contributed by atoms with E-state index < -0.39 is 0 Å². The van der Waals surface area contributed by atoms with Crippen LogP contribution in [0.15, 0.2) is 30.3 Å². The van der Waals surface area contributed by atoms with Crippen LogP contribution in [0.5, 0.6) is 6.01 Å². The number of carbonyl (C=O) groups is 1. The Bertz CT molecular complexity index is 1120. The Hall–Kier alpha value is -3.42. The number of hydrogen-bond donors (Lipinski definition) is 1. The van der Waals surface area contributed by atoms with E-state index in [4.69, 9.17) is 26.0 Å². The number of carbonyl (C=O) groups excluding carboxylic acids is 1. The zero-order chi connectivity index (χ0) is 25.6. The van der Waals surface area contributed by atoms with E-state index in [1.807, 2.05) is 30.3 Å². The molecule has 1 aromatic heterocycles. The lowest BCUT2D eigenvalue weighted by Crippen LogP contribution is -2.56. The van der Waals surface area contributed by atoms with Gasteiger partial charge in [-0.3, -0.25) is 0 Å². The van der Waals surface area contributed by atoms with E-state index in [2.05, 4.69) is 27.0 Å². The van der Waals surface area contributed by atoms with Crippen LogP contribution in [0.3, 0.4) is 0 Å². The van der Waals surface area contributed by atoms with Gasteiger partial charge in [-0.2, -0.15) is 9.97 Å². The van der Waals surface area contributed by atoms with Crippen LogP contribution in [-0.4, -0.2) is 90.9 Å². The average Bonchev–Trinajstić information content (AvgIpc) is 3.35. The number of aromatic nitrogens is 2. The van der Waals surface area contributed by atoms with E-state index in [0.717, 1.165) is 48.6 Å².